The van der Waals surface area contributed by atoms with E-state index in [1.165, 1.54) is 135 Å². The fraction of sp³-hybridized carbons (Fsp3) is 0.694. The van der Waals surface area contributed by atoms with E-state index in [2.05, 4.69) is 129 Å². The van der Waals surface area contributed by atoms with Gasteiger partial charge in [-0.25, -0.2) is 0 Å². The van der Waals surface area contributed by atoms with Crippen LogP contribution in [0.5, 0.6) is 0 Å². The second-order valence-corrected chi connectivity index (χ2v) is 18.6. The minimum Gasteiger partial charge on any atom is -0.394 e. The number of amides is 1. The normalized spacial score (nSPS) is 13.7. The number of rotatable bonds is 50. The van der Waals surface area contributed by atoms with Crippen LogP contribution in [0.25, 0.3) is 0 Å². The van der Waals surface area contributed by atoms with Gasteiger partial charge in [0.15, 0.2) is 0 Å². The van der Waals surface area contributed by atoms with Crippen molar-refractivity contribution < 1.29 is 15.0 Å². The molecule has 2 unspecified atom stereocenters. The Balaban J connectivity index is 3.62. The summed E-state index contributed by atoms with van der Waals surface area (Å²) in [5, 5.41) is 23.3. The van der Waals surface area contributed by atoms with Crippen LogP contribution >= 0.6 is 0 Å². The van der Waals surface area contributed by atoms with Crippen molar-refractivity contribution in [2.75, 3.05) is 6.61 Å². The van der Waals surface area contributed by atoms with Crippen molar-refractivity contribution in [1.29, 1.82) is 0 Å². The van der Waals surface area contributed by atoms with Gasteiger partial charge in [-0.3, -0.25) is 4.79 Å². The molecule has 0 aromatic carbocycles. The molecule has 0 aromatic rings. The Kier molecular flexibility index (Phi) is 53.9. The summed E-state index contributed by atoms with van der Waals surface area (Å²) in [4.78, 5) is 12.5. The molecule has 0 rings (SSSR count). The smallest absolute Gasteiger partial charge is 0.220 e. The van der Waals surface area contributed by atoms with Gasteiger partial charge in [-0.2, -0.15) is 0 Å². The van der Waals surface area contributed by atoms with Crippen molar-refractivity contribution in [2.45, 2.75) is 270 Å². The number of nitrogens with one attached hydrogen (secondary N) is 1. The van der Waals surface area contributed by atoms with Crippen LogP contribution in [0, 0.1) is 0 Å². The number of aliphatic hydroxyl groups excluding tert-OH is 2. The van der Waals surface area contributed by atoms with E-state index in [4.69, 9.17) is 0 Å². The third-order valence-electron chi connectivity index (χ3n) is 12.3. The van der Waals surface area contributed by atoms with Gasteiger partial charge in [-0.1, -0.05) is 277 Å². The van der Waals surface area contributed by atoms with E-state index in [-0.39, 0.29) is 12.5 Å². The molecule has 0 fully saturated rings. The van der Waals surface area contributed by atoms with Crippen molar-refractivity contribution in [2.24, 2.45) is 0 Å². The summed E-state index contributed by atoms with van der Waals surface area (Å²) in [5.74, 6) is -0.0525. The highest BCUT2D eigenvalue weighted by Gasteiger charge is 2.20. The van der Waals surface area contributed by atoms with Gasteiger partial charge in [-0.15, -0.1) is 0 Å². The average molecular weight is 915 g/mol. The zero-order valence-electron chi connectivity index (χ0n) is 43.4. The number of hydrogen-bond acceptors (Lipinski definition) is 3. The molecule has 0 saturated carbocycles. The van der Waals surface area contributed by atoms with E-state index in [1.54, 1.807) is 0 Å². The Hall–Kier alpha value is -2.95. The first-order valence-corrected chi connectivity index (χ1v) is 28.1. The number of allylic oxidation sites excluding steroid dienone is 18. The first-order valence-electron chi connectivity index (χ1n) is 28.1. The molecule has 0 spiro atoms. The van der Waals surface area contributed by atoms with Gasteiger partial charge in [0, 0.05) is 6.42 Å². The molecule has 2 atom stereocenters. The lowest BCUT2D eigenvalue weighted by atomic mass is 10.0. The van der Waals surface area contributed by atoms with E-state index in [1.807, 2.05) is 0 Å². The van der Waals surface area contributed by atoms with Crippen LogP contribution in [0.3, 0.4) is 0 Å². The highest BCUT2D eigenvalue weighted by atomic mass is 16.3. The van der Waals surface area contributed by atoms with Crippen molar-refractivity contribution >= 4 is 5.91 Å². The summed E-state index contributed by atoms with van der Waals surface area (Å²) in [6.07, 6.45) is 84.9. The molecule has 3 N–H and O–H groups in total. The lowest BCUT2D eigenvalue weighted by molar-refractivity contribution is -0.123. The summed E-state index contributed by atoms with van der Waals surface area (Å²) in [5.41, 5.74) is 0. The Morgan fingerprint density at radius 2 is 0.667 bits per heavy atom. The molecule has 0 aliphatic carbocycles. The topological polar surface area (TPSA) is 69.6 Å². The Morgan fingerprint density at radius 1 is 0.379 bits per heavy atom. The van der Waals surface area contributed by atoms with Gasteiger partial charge >= 0.3 is 0 Å². The van der Waals surface area contributed by atoms with Gasteiger partial charge < -0.3 is 15.5 Å². The van der Waals surface area contributed by atoms with Crippen molar-refractivity contribution in [3.63, 3.8) is 0 Å². The zero-order chi connectivity index (χ0) is 47.7. The molecular formula is C62H107NO3. The van der Waals surface area contributed by atoms with Crippen LogP contribution in [0.1, 0.15) is 258 Å². The van der Waals surface area contributed by atoms with E-state index >= 15 is 0 Å². The number of carbonyl (C=O) groups is 1. The lowest BCUT2D eigenvalue weighted by Crippen LogP contribution is -2.45. The largest absolute Gasteiger partial charge is 0.394 e. The number of hydrogen-bond donors (Lipinski definition) is 3. The van der Waals surface area contributed by atoms with Gasteiger partial charge in [0.2, 0.25) is 5.91 Å². The molecular weight excluding hydrogens is 807 g/mol. The molecule has 0 heterocycles. The monoisotopic (exact) mass is 914 g/mol. The first kappa shape index (κ1) is 63.0. The maximum Gasteiger partial charge on any atom is 0.220 e. The quantitative estimate of drug-likeness (QED) is 0.0421. The molecule has 0 aliphatic heterocycles. The Labute approximate surface area is 410 Å². The SMILES string of the molecule is CC/C=C\C/C=C\C/C=C\C/C=C\C/C=C\C/C=C\C/C=C\C/C=C\C/C=C\CCCCCCCC(=O)NC(CO)C(O)CCCCCCCCCCCCCCCCCCCCCCC. The number of unbranched alkanes of at least 4 members (excludes halogenated alkanes) is 25. The second kappa shape index (κ2) is 56.4. The predicted molar refractivity (Wildman–Crippen MR) is 294 cm³/mol. The minimum absolute atomic E-state index is 0.0525. The fourth-order valence-electron chi connectivity index (χ4n) is 8.06. The molecule has 66 heavy (non-hydrogen) atoms. The lowest BCUT2D eigenvalue weighted by Gasteiger charge is -2.22. The Bertz CT molecular complexity index is 1270. The summed E-state index contributed by atoms with van der Waals surface area (Å²) in [6.45, 7) is 4.25. The molecule has 0 aliphatic rings. The van der Waals surface area contributed by atoms with Crippen LogP contribution in [0.15, 0.2) is 109 Å². The summed E-state index contributed by atoms with van der Waals surface area (Å²) < 4.78 is 0. The molecule has 4 nitrogen and oxygen atoms in total. The maximum absolute atomic E-state index is 12.5. The third kappa shape index (κ3) is 52.0. The number of aliphatic hydroxyl groups is 2. The van der Waals surface area contributed by atoms with Gasteiger partial charge in [0.1, 0.15) is 0 Å². The van der Waals surface area contributed by atoms with Crippen molar-refractivity contribution in [3.05, 3.63) is 109 Å². The van der Waals surface area contributed by atoms with Crippen LogP contribution in [-0.2, 0) is 4.79 Å². The predicted octanol–water partition coefficient (Wildman–Crippen LogP) is 18.7. The third-order valence-corrected chi connectivity index (χ3v) is 12.3. The average Bonchev–Trinajstić information content (AvgIpc) is 3.32. The van der Waals surface area contributed by atoms with Gasteiger partial charge in [-0.05, 0) is 83.5 Å². The molecule has 0 aromatic heterocycles. The summed E-state index contributed by atoms with van der Waals surface area (Å²) in [7, 11) is 0. The van der Waals surface area contributed by atoms with E-state index in [0.29, 0.717) is 12.8 Å². The van der Waals surface area contributed by atoms with Crippen LogP contribution in [-0.4, -0.2) is 34.9 Å². The van der Waals surface area contributed by atoms with E-state index < -0.39 is 12.1 Å². The standard InChI is InChI=1S/C62H107NO3/c1-3-5-7-9-11-13-15-17-19-21-23-25-26-27-28-29-30-31-32-33-34-35-36-38-40-42-44-46-48-50-52-54-56-58-62(66)63-60(59-64)61(65)57-55-53-51-49-47-45-43-41-39-37-24-22-20-18-16-14-12-10-8-6-4-2/h5,7,11,13,17,19,23,25,27-28,30-31,33-34,36,38,42,44,60-61,64-65H,3-4,6,8-10,12,14-16,18,20-22,24,26,29,32,35,37,39-41,43,45-59H2,1-2H3,(H,63,66)/b7-5-,13-11-,19-17-,25-23-,28-27-,31-30-,34-33-,38-36-,44-42-. The van der Waals surface area contributed by atoms with Crippen LogP contribution in [0.4, 0.5) is 0 Å². The van der Waals surface area contributed by atoms with Gasteiger partial charge in [0.25, 0.3) is 0 Å². The van der Waals surface area contributed by atoms with Gasteiger partial charge in [0.05, 0.1) is 18.8 Å². The van der Waals surface area contributed by atoms with E-state index in [0.717, 1.165) is 96.3 Å². The first-order chi connectivity index (χ1) is 32.7. The molecule has 0 bridgehead atoms. The Morgan fingerprint density at radius 3 is 1.00 bits per heavy atom. The zero-order valence-corrected chi connectivity index (χ0v) is 43.4. The highest BCUT2D eigenvalue weighted by molar-refractivity contribution is 5.76. The van der Waals surface area contributed by atoms with E-state index in [9.17, 15) is 15.0 Å². The molecule has 1 amide bonds. The number of carbonyl (C=O) groups excluding carboxylic acids is 1. The van der Waals surface area contributed by atoms with Crippen molar-refractivity contribution in [3.8, 4) is 0 Å². The summed E-state index contributed by atoms with van der Waals surface area (Å²) >= 11 is 0. The maximum atomic E-state index is 12.5. The second-order valence-electron chi connectivity index (χ2n) is 18.6. The van der Waals surface area contributed by atoms with Crippen LogP contribution < -0.4 is 5.32 Å². The highest BCUT2D eigenvalue weighted by Crippen LogP contribution is 2.16. The van der Waals surface area contributed by atoms with Crippen molar-refractivity contribution in [1.82, 2.24) is 5.32 Å². The molecule has 4 heteroatoms. The molecule has 378 valence electrons. The van der Waals surface area contributed by atoms with Crippen LogP contribution in [0.2, 0.25) is 0 Å². The molecule has 0 saturated heterocycles. The fourth-order valence-corrected chi connectivity index (χ4v) is 8.06. The summed E-state index contributed by atoms with van der Waals surface area (Å²) in [6, 6.07) is -0.556. The molecule has 0 radical (unpaired) electrons. The minimum atomic E-state index is -0.677.